The van der Waals surface area contributed by atoms with Crippen LogP contribution in [0.2, 0.25) is 15.1 Å². The van der Waals surface area contributed by atoms with Gasteiger partial charge in [0, 0.05) is 27.7 Å². The van der Waals surface area contributed by atoms with Crippen molar-refractivity contribution in [3.05, 3.63) is 68.4 Å². The van der Waals surface area contributed by atoms with Crippen molar-refractivity contribution in [3.63, 3.8) is 0 Å². The Morgan fingerprint density at radius 2 is 1.71 bits per heavy atom. The molecule has 0 saturated carbocycles. The Bertz CT molecular complexity index is 645. The van der Waals surface area contributed by atoms with Gasteiger partial charge in [0.25, 0.3) is 0 Å². The maximum Gasteiger partial charge on any atom is 0.142 e. The van der Waals surface area contributed by atoms with E-state index in [9.17, 15) is 4.39 Å². The number of benzene rings is 2. The standard InChI is InChI=1S/C16H15Cl3FN/c1-9(11-4-3-5-12(17)8-11)21-10(2)15-13(18)6-7-14(20)16(15)19/h3-10,21H,1-2H3/t9-,10?/m0/s1. The van der Waals surface area contributed by atoms with Gasteiger partial charge >= 0.3 is 0 Å². The molecule has 0 amide bonds. The zero-order valence-electron chi connectivity index (χ0n) is 11.6. The number of halogens is 4. The van der Waals surface area contributed by atoms with Gasteiger partial charge in [-0.15, -0.1) is 0 Å². The maximum absolute atomic E-state index is 13.6. The van der Waals surface area contributed by atoms with Gasteiger partial charge in [0.2, 0.25) is 0 Å². The van der Waals surface area contributed by atoms with Crippen LogP contribution in [-0.2, 0) is 0 Å². The fourth-order valence-corrected chi connectivity index (χ4v) is 3.17. The molecule has 0 saturated heterocycles. The van der Waals surface area contributed by atoms with Crippen molar-refractivity contribution in [1.29, 1.82) is 0 Å². The molecule has 0 aliphatic rings. The maximum atomic E-state index is 13.6. The second-order valence-electron chi connectivity index (χ2n) is 4.92. The molecule has 2 atom stereocenters. The highest BCUT2D eigenvalue weighted by Crippen LogP contribution is 2.33. The summed E-state index contributed by atoms with van der Waals surface area (Å²) in [7, 11) is 0. The summed E-state index contributed by atoms with van der Waals surface area (Å²) in [4.78, 5) is 0. The van der Waals surface area contributed by atoms with Crippen LogP contribution >= 0.6 is 34.8 Å². The summed E-state index contributed by atoms with van der Waals surface area (Å²) >= 11 is 18.2. The van der Waals surface area contributed by atoms with Gasteiger partial charge in [-0.05, 0) is 43.7 Å². The molecule has 21 heavy (non-hydrogen) atoms. The van der Waals surface area contributed by atoms with Gasteiger partial charge < -0.3 is 5.32 Å². The Balaban J connectivity index is 2.22. The molecular formula is C16H15Cl3FN. The van der Waals surface area contributed by atoms with Crippen LogP contribution in [0.4, 0.5) is 4.39 Å². The van der Waals surface area contributed by atoms with Crippen LogP contribution in [0.5, 0.6) is 0 Å². The molecule has 0 aromatic heterocycles. The molecule has 2 rings (SSSR count). The third-order valence-electron chi connectivity index (χ3n) is 3.36. The number of hydrogen-bond donors (Lipinski definition) is 1. The van der Waals surface area contributed by atoms with E-state index in [4.69, 9.17) is 34.8 Å². The third-order valence-corrected chi connectivity index (χ3v) is 4.31. The van der Waals surface area contributed by atoms with E-state index in [1.165, 1.54) is 12.1 Å². The van der Waals surface area contributed by atoms with Gasteiger partial charge in [0.1, 0.15) is 5.82 Å². The minimum Gasteiger partial charge on any atom is -0.304 e. The molecule has 0 heterocycles. The summed E-state index contributed by atoms with van der Waals surface area (Å²) < 4.78 is 13.6. The molecule has 2 aromatic rings. The lowest BCUT2D eigenvalue weighted by Gasteiger charge is -2.22. The van der Waals surface area contributed by atoms with Crippen LogP contribution < -0.4 is 5.32 Å². The Morgan fingerprint density at radius 1 is 1.00 bits per heavy atom. The average Bonchev–Trinajstić information content (AvgIpc) is 2.43. The van der Waals surface area contributed by atoms with Crippen molar-refractivity contribution in [2.45, 2.75) is 25.9 Å². The number of rotatable bonds is 4. The van der Waals surface area contributed by atoms with Gasteiger partial charge in [-0.3, -0.25) is 0 Å². The number of hydrogen-bond acceptors (Lipinski definition) is 1. The molecule has 0 aliphatic carbocycles. The Morgan fingerprint density at radius 3 is 2.38 bits per heavy atom. The van der Waals surface area contributed by atoms with Crippen molar-refractivity contribution in [2.24, 2.45) is 0 Å². The van der Waals surface area contributed by atoms with Gasteiger partial charge in [-0.25, -0.2) is 4.39 Å². The first-order valence-electron chi connectivity index (χ1n) is 6.55. The summed E-state index contributed by atoms with van der Waals surface area (Å²) in [5.74, 6) is -0.472. The summed E-state index contributed by atoms with van der Waals surface area (Å²) in [5, 5.41) is 4.53. The van der Waals surface area contributed by atoms with Crippen LogP contribution in [0.15, 0.2) is 36.4 Å². The molecule has 1 unspecified atom stereocenters. The van der Waals surface area contributed by atoms with Gasteiger partial charge in [-0.1, -0.05) is 46.9 Å². The second-order valence-corrected chi connectivity index (χ2v) is 6.14. The smallest absolute Gasteiger partial charge is 0.142 e. The lowest BCUT2D eigenvalue weighted by molar-refractivity contribution is 0.492. The Hall–Kier alpha value is -0.800. The highest BCUT2D eigenvalue weighted by molar-refractivity contribution is 6.36. The van der Waals surface area contributed by atoms with Crippen molar-refractivity contribution in [1.82, 2.24) is 5.32 Å². The summed E-state index contributed by atoms with van der Waals surface area (Å²) in [5.41, 5.74) is 1.60. The van der Waals surface area contributed by atoms with Gasteiger partial charge in [0.05, 0.1) is 5.02 Å². The number of nitrogens with one attached hydrogen (secondary N) is 1. The topological polar surface area (TPSA) is 12.0 Å². The summed E-state index contributed by atoms with van der Waals surface area (Å²) in [6.07, 6.45) is 0. The van der Waals surface area contributed by atoms with Crippen molar-refractivity contribution in [2.75, 3.05) is 0 Å². The van der Waals surface area contributed by atoms with E-state index in [1.54, 1.807) is 0 Å². The van der Waals surface area contributed by atoms with E-state index in [1.807, 2.05) is 38.1 Å². The predicted octanol–water partition coefficient (Wildman–Crippen LogP) is 6.20. The predicted molar refractivity (Wildman–Crippen MR) is 87.8 cm³/mol. The Kier molecular flexibility index (Phi) is 5.50. The zero-order chi connectivity index (χ0) is 15.6. The van der Waals surface area contributed by atoms with E-state index < -0.39 is 5.82 Å². The monoisotopic (exact) mass is 345 g/mol. The van der Waals surface area contributed by atoms with E-state index >= 15 is 0 Å². The molecule has 1 nitrogen and oxygen atoms in total. The average molecular weight is 347 g/mol. The molecule has 1 N–H and O–H groups in total. The zero-order valence-corrected chi connectivity index (χ0v) is 13.9. The highest BCUT2D eigenvalue weighted by atomic mass is 35.5. The minimum absolute atomic E-state index is 0.0223. The first-order chi connectivity index (χ1) is 9.90. The Labute approximate surface area is 139 Å². The third kappa shape index (κ3) is 3.89. The van der Waals surface area contributed by atoms with Crippen molar-refractivity contribution >= 4 is 34.8 Å². The van der Waals surface area contributed by atoms with Crippen LogP contribution in [0.1, 0.15) is 37.1 Å². The molecule has 0 radical (unpaired) electrons. The van der Waals surface area contributed by atoms with Gasteiger partial charge in [-0.2, -0.15) is 0 Å². The molecular weight excluding hydrogens is 332 g/mol. The first kappa shape index (κ1) is 16.6. The van der Waals surface area contributed by atoms with Crippen LogP contribution in [0.25, 0.3) is 0 Å². The normalized spacial score (nSPS) is 14.0. The quantitative estimate of drug-likeness (QED) is 0.650. The van der Waals surface area contributed by atoms with E-state index in [-0.39, 0.29) is 17.1 Å². The molecule has 0 fully saturated rings. The van der Waals surface area contributed by atoms with Crippen molar-refractivity contribution in [3.8, 4) is 0 Å². The molecule has 0 aliphatic heterocycles. The van der Waals surface area contributed by atoms with Crippen LogP contribution in [0.3, 0.4) is 0 Å². The van der Waals surface area contributed by atoms with E-state index in [0.717, 1.165) is 5.56 Å². The van der Waals surface area contributed by atoms with Crippen LogP contribution in [0, 0.1) is 5.82 Å². The lowest BCUT2D eigenvalue weighted by atomic mass is 10.0. The molecule has 112 valence electrons. The summed E-state index contributed by atoms with van der Waals surface area (Å²) in [6.45, 7) is 3.90. The lowest BCUT2D eigenvalue weighted by Crippen LogP contribution is -2.23. The molecule has 5 heteroatoms. The SMILES string of the molecule is CC(N[C@@H](C)c1cccc(Cl)c1)c1c(Cl)ccc(F)c1Cl. The molecule has 0 bridgehead atoms. The summed E-state index contributed by atoms with van der Waals surface area (Å²) in [6, 6.07) is 10.2. The van der Waals surface area contributed by atoms with E-state index in [0.29, 0.717) is 15.6 Å². The fraction of sp³-hybridized carbons (Fsp3) is 0.250. The fourth-order valence-electron chi connectivity index (χ4n) is 2.27. The first-order valence-corrected chi connectivity index (χ1v) is 7.68. The molecule has 2 aromatic carbocycles. The highest BCUT2D eigenvalue weighted by Gasteiger charge is 2.19. The second kappa shape index (κ2) is 6.97. The van der Waals surface area contributed by atoms with Crippen molar-refractivity contribution < 1.29 is 4.39 Å². The van der Waals surface area contributed by atoms with Crippen LogP contribution in [-0.4, -0.2) is 0 Å². The van der Waals surface area contributed by atoms with E-state index in [2.05, 4.69) is 5.32 Å². The molecule has 0 spiro atoms. The van der Waals surface area contributed by atoms with Gasteiger partial charge in [0.15, 0.2) is 0 Å². The minimum atomic E-state index is -0.472. The largest absolute Gasteiger partial charge is 0.304 e.